The zero-order valence-corrected chi connectivity index (χ0v) is 17.8. The number of hydrogen-bond acceptors (Lipinski definition) is 4. The van der Waals surface area contributed by atoms with Gasteiger partial charge in [0.2, 0.25) is 0 Å². The molecule has 1 atom stereocenters. The average molecular weight is 422 g/mol. The Labute approximate surface area is 185 Å². The van der Waals surface area contributed by atoms with E-state index in [9.17, 15) is 4.79 Å². The lowest BCUT2D eigenvalue weighted by Gasteiger charge is -2.26. The summed E-state index contributed by atoms with van der Waals surface area (Å²) in [6.07, 6.45) is 4.92. The third-order valence-electron chi connectivity index (χ3n) is 5.78. The van der Waals surface area contributed by atoms with Crippen molar-refractivity contribution in [2.24, 2.45) is 0 Å². The highest BCUT2D eigenvalue weighted by molar-refractivity contribution is 5.94. The zero-order chi connectivity index (χ0) is 22.1. The van der Waals surface area contributed by atoms with Gasteiger partial charge in [-0.2, -0.15) is 5.10 Å². The van der Waals surface area contributed by atoms with Crippen LogP contribution in [0.4, 0.5) is 0 Å². The summed E-state index contributed by atoms with van der Waals surface area (Å²) in [6.45, 7) is 2.03. The second-order valence-corrected chi connectivity index (χ2v) is 7.68. The van der Waals surface area contributed by atoms with E-state index in [1.165, 1.54) is 6.33 Å². The number of nitrogens with zero attached hydrogens (tertiary/aromatic N) is 6. The van der Waals surface area contributed by atoms with Gasteiger partial charge in [0.05, 0.1) is 22.8 Å². The lowest BCUT2D eigenvalue weighted by atomic mass is 10.1. The largest absolute Gasteiger partial charge is 0.335 e. The number of imidazole rings is 1. The first kappa shape index (κ1) is 19.7. The molecule has 5 aromatic rings. The second-order valence-electron chi connectivity index (χ2n) is 7.68. The van der Waals surface area contributed by atoms with Crippen molar-refractivity contribution in [3.05, 3.63) is 103 Å². The maximum Gasteiger partial charge on any atom is 0.254 e. The van der Waals surface area contributed by atoms with E-state index in [-0.39, 0.29) is 11.9 Å². The fourth-order valence-electron chi connectivity index (χ4n) is 3.80. The van der Waals surface area contributed by atoms with Crippen LogP contribution in [-0.4, -0.2) is 42.2 Å². The zero-order valence-electron chi connectivity index (χ0n) is 17.8. The summed E-state index contributed by atoms with van der Waals surface area (Å²) in [5.41, 5.74) is 5.52. The number of carbonyl (C=O) groups is 1. The molecule has 2 aromatic heterocycles. The Morgan fingerprint density at radius 1 is 0.938 bits per heavy atom. The van der Waals surface area contributed by atoms with E-state index >= 15 is 0 Å². The molecular formula is C25H22N6O. The van der Waals surface area contributed by atoms with Crippen LogP contribution in [0, 0.1) is 0 Å². The molecule has 7 heteroatoms. The minimum atomic E-state index is -0.0916. The highest BCUT2D eigenvalue weighted by Gasteiger charge is 2.19. The normalized spacial score (nSPS) is 12.1. The summed E-state index contributed by atoms with van der Waals surface area (Å²) in [4.78, 5) is 23.3. The number of rotatable bonds is 5. The summed E-state index contributed by atoms with van der Waals surface area (Å²) in [5, 5.41) is 4.14. The van der Waals surface area contributed by atoms with E-state index in [4.69, 9.17) is 0 Å². The van der Waals surface area contributed by atoms with E-state index in [1.807, 2.05) is 62.8 Å². The van der Waals surface area contributed by atoms with Gasteiger partial charge in [0.1, 0.15) is 19.0 Å². The fourth-order valence-corrected chi connectivity index (χ4v) is 3.80. The first-order valence-corrected chi connectivity index (χ1v) is 10.4. The van der Waals surface area contributed by atoms with E-state index < -0.39 is 0 Å². The Morgan fingerprint density at radius 3 is 2.53 bits per heavy atom. The lowest BCUT2D eigenvalue weighted by Crippen LogP contribution is -2.29. The molecule has 0 saturated carbocycles. The Kier molecular flexibility index (Phi) is 4.99. The first-order valence-electron chi connectivity index (χ1n) is 10.4. The molecule has 5 rings (SSSR count). The van der Waals surface area contributed by atoms with Crippen LogP contribution in [0.15, 0.2) is 91.8 Å². The summed E-state index contributed by atoms with van der Waals surface area (Å²) >= 11 is 0. The van der Waals surface area contributed by atoms with Gasteiger partial charge in [-0.25, -0.2) is 14.6 Å². The molecular weight excluding hydrogens is 400 g/mol. The molecule has 0 saturated heterocycles. The molecule has 0 spiro atoms. The molecule has 0 fully saturated rings. The van der Waals surface area contributed by atoms with Crippen LogP contribution in [0.1, 0.15) is 28.9 Å². The maximum absolute atomic E-state index is 13.1. The van der Waals surface area contributed by atoms with Gasteiger partial charge in [0, 0.05) is 18.3 Å². The summed E-state index contributed by atoms with van der Waals surface area (Å²) in [5.74, 6) is -0.0517. The molecule has 0 bridgehead atoms. The van der Waals surface area contributed by atoms with Gasteiger partial charge in [0.15, 0.2) is 0 Å². The predicted molar refractivity (Wildman–Crippen MR) is 123 cm³/mol. The molecule has 0 radical (unpaired) electrons. The van der Waals surface area contributed by atoms with Gasteiger partial charge in [-0.1, -0.05) is 30.3 Å². The van der Waals surface area contributed by atoms with E-state index in [0.29, 0.717) is 5.56 Å². The Balaban J connectivity index is 1.36. The van der Waals surface area contributed by atoms with Crippen LogP contribution < -0.4 is 0 Å². The Hall–Kier alpha value is -4.26. The maximum atomic E-state index is 13.1. The number of aromatic nitrogens is 5. The van der Waals surface area contributed by atoms with E-state index in [1.54, 1.807) is 15.9 Å². The van der Waals surface area contributed by atoms with Gasteiger partial charge in [0.25, 0.3) is 5.91 Å². The molecule has 0 aliphatic carbocycles. The standard InChI is InChI=1S/C25H22N6O/c1-18(29(2)25(32)20-6-5-7-22(14-20)31-16-26-15-28-31)19-10-12-21(13-11-19)30-17-27-23-8-3-4-9-24(23)30/h3-18H,1-2H3. The number of benzene rings is 3. The fraction of sp³-hybridized carbons (Fsp3) is 0.120. The molecule has 7 nitrogen and oxygen atoms in total. The van der Waals surface area contributed by atoms with Crippen molar-refractivity contribution in [3.63, 3.8) is 0 Å². The lowest BCUT2D eigenvalue weighted by molar-refractivity contribution is 0.0742. The molecule has 2 heterocycles. The van der Waals surface area contributed by atoms with E-state index in [2.05, 4.69) is 50.0 Å². The number of carbonyl (C=O) groups excluding carboxylic acids is 1. The van der Waals surface area contributed by atoms with Crippen molar-refractivity contribution in [1.29, 1.82) is 0 Å². The van der Waals surface area contributed by atoms with Crippen molar-refractivity contribution < 1.29 is 4.79 Å². The molecule has 0 aliphatic rings. The van der Waals surface area contributed by atoms with Crippen LogP contribution >= 0.6 is 0 Å². The smallest absolute Gasteiger partial charge is 0.254 e. The quantitative estimate of drug-likeness (QED) is 0.420. The number of para-hydroxylation sites is 2. The third kappa shape index (κ3) is 3.54. The van der Waals surface area contributed by atoms with Crippen LogP contribution in [0.3, 0.4) is 0 Å². The molecule has 0 aliphatic heterocycles. The van der Waals surface area contributed by atoms with Gasteiger partial charge in [-0.3, -0.25) is 9.36 Å². The number of fused-ring (bicyclic) bond motifs is 1. The molecule has 158 valence electrons. The van der Waals surface area contributed by atoms with Crippen molar-refractivity contribution in [2.45, 2.75) is 13.0 Å². The van der Waals surface area contributed by atoms with Crippen LogP contribution in [0.2, 0.25) is 0 Å². The van der Waals surface area contributed by atoms with Crippen LogP contribution in [0.5, 0.6) is 0 Å². The molecule has 0 N–H and O–H groups in total. The van der Waals surface area contributed by atoms with Crippen molar-refractivity contribution in [2.75, 3.05) is 7.05 Å². The number of hydrogen-bond donors (Lipinski definition) is 0. The molecule has 1 unspecified atom stereocenters. The molecule has 3 aromatic carbocycles. The predicted octanol–water partition coefficient (Wildman–Crippen LogP) is 4.44. The average Bonchev–Trinajstić information content (AvgIpc) is 3.53. The highest BCUT2D eigenvalue weighted by atomic mass is 16.2. The van der Waals surface area contributed by atoms with Crippen LogP contribution in [-0.2, 0) is 0 Å². The SMILES string of the molecule is CC(c1ccc(-n2cnc3ccccc32)cc1)N(C)C(=O)c1cccc(-n2cncn2)c1. The van der Waals surface area contributed by atoms with Gasteiger partial charge in [-0.15, -0.1) is 0 Å². The second kappa shape index (κ2) is 8.11. The summed E-state index contributed by atoms with van der Waals surface area (Å²) in [7, 11) is 1.83. The summed E-state index contributed by atoms with van der Waals surface area (Å²) in [6, 6.07) is 23.6. The minimum absolute atomic E-state index is 0.0517. The highest BCUT2D eigenvalue weighted by Crippen LogP contribution is 2.24. The van der Waals surface area contributed by atoms with Gasteiger partial charge in [-0.05, 0) is 55.0 Å². The molecule has 32 heavy (non-hydrogen) atoms. The Bertz CT molecular complexity index is 1370. The Morgan fingerprint density at radius 2 is 1.75 bits per heavy atom. The summed E-state index contributed by atoms with van der Waals surface area (Å²) < 4.78 is 3.70. The number of amides is 1. The topological polar surface area (TPSA) is 68.8 Å². The monoisotopic (exact) mass is 422 g/mol. The van der Waals surface area contributed by atoms with Crippen molar-refractivity contribution in [3.8, 4) is 11.4 Å². The third-order valence-corrected chi connectivity index (χ3v) is 5.78. The first-order chi connectivity index (χ1) is 15.6. The van der Waals surface area contributed by atoms with Gasteiger partial charge >= 0.3 is 0 Å². The van der Waals surface area contributed by atoms with Crippen LogP contribution in [0.25, 0.3) is 22.4 Å². The van der Waals surface area contributed by atoms with E-state index in [0.717, 1.165) is 28.0 Å². The van der Waals surface area contributed by atoms with Crippen molar-refractivity contribution >= 4 is 16.9 Å². The minimum Gasteiger partial charge on any atom is -0.335 e. The van der Waals surface area contributed by atoms with Gasteiger partial charge < -0.3 is 4.90 Å². The van der Waals surface area contributed by atoms with Crippen molar-refractivity contribution in [1.82, 2.24) is 29.2 Å². The molecule has 1 amide bonds.